The summed E-state index contributed by atoms with van der Waals surface area (Å²) in [6.07, 6.45) is 0. The minimum Gasteiger partial charge on any atom is -0.326 e. The zero-order chi connectivity index (χ0) is 13.9. The van der Waals surface area contributed by atoms with Crippen molar-refractivity contribution in [2.24, 2.45) is 5.92 Å². The predicted molar refractivity (Wildman–Crippen MR) is 66.6 cm³/mol. The molecule has 0 aliphatic rings. The number of hydrogen-bond donors (Lipinski definition) is 1. The second-order valence-electron chi connectivity index (χ2n) is 4.19. The molecule has 0 spiro atoms. The molecule has 0 aromatic heterocycles. The first-order valence-corrected chi connectivity index (χ1v) is 5.43. The topological polar surface area (TPSA) is 89.3 Å². The highest BCUT2D eigenvalue weighted by molar-refractivity contribution is 6.00. The number of nitro benzene ring substituents is 1. The normalized spacial score (nSPS) is 10.2. The highest BCUT2D eigenvalue weighted by Gasteiger charge is 2.18. The number of ketones is 1. The SMILES string of the molecule is CC(=O)c1cc(NC(=O)C(C)C)ccc1[N+](=O)[O-]. The van der Waals surface area contributed by atoms with Crippen LogP contribution in [-0.4, -0.2) is 16.6 Å². The Hall–Kier alpha value is -2.24. The first-order valence-electron chi connectivity index (χ1n) is 5.43. The van der Waals surface area contributed by atoms with Crippen LogP contribution in [0, 0.1) is 16.0 Å². The van der Waals surface area contributed by atoms with Crippen molar-refractivity contribution in [3.63, 3.8) is 0 Å². The monoisotopic (exact) mass is 250 g/mol. The predicted octanol–water partition coefficient (Wildman–Crippen LogP) is 2.39. The van der Waals surface area contributed by atoms with Crippen LogP contribution in [0.5, 0.6) is 0 Å². The minimum absolute atomic E-state index is 0.0124. The van der Waals surface area contributed by atoms with E-state index in [1.54, 1.807) is 13.8 Å². The highest BCUT2D eigenvalue weighted by atomic mass is 16.6. The van der Waals surface area contributed by atoms with Gasteiger partial charge in [0.1, 0.15) is 0 Å². The van der Waals surface area contributed by atoms with Gasteiger partial charge < -0.3 is 5.32 Å². The molecule has 0 aliphatic carbocycles. The number of carbonyl (C=O) groups excluding carboxylic acids is 2. The third-order valence-electron chi connectivity index (χ3n) is 2.36. The van der Waals surface area contributed by atoms with Gasteiger partial charge >= 0.3 is 0 Å². The number of Topliss-reactive ketones (excluding diaryl/α,β-unsaturated/α-hetero) is 1. The third-order valence-corrected chi connectivity index (χ3v) is 2.36. The van der Waals surface area contributed by atoms with Crippen LogP contribution in [0.4, 0.5) is 11.4 Å². The van der Waals surface area contributed by atoms with Crippen LogP contribution >= 0.6 is 0 Å². The van der Waals surface area contributed by atoms with Gasteiger partial charge in [-0.15, -0.1) is 0 Å². The molecule has 6 heteroatoms. The van der Waals surface area contributed by atoms with Gasteiger partial charge in [-0.05, 0) is 19.1 Å². The largest absolute Gasteiger partial charge is 0.326 e. The summed E-state index contributed by atoms with van der Waals surface area (Å²) in [6.45, 7) is 4.70. The third kappa shape index (κ3) is 3.13. The van der Waals surface area contributed by atoms with Gasteiger partial charge in [0.25, 0.3) is 5.69 Å². The summed E-state index contributed by atoms with van der Waals surface area (Å²) >= 11 is 0. The number of nitrogens with zero attached hydrogens (tertiary/aromatic N) is 1. The molecule has 0 radical (unpaired) electrons. The fourth-order valence-electron chi connectivity index (χ4n) is 1.34. The summed E-state index contributed by atoms with van der Waals surface area (Å²) in [5.41, 5.74) is 0.108. The van der Waals surface area contributed by atoms with Gasteiger partial charge in [0, 0.05) is 17.7 Å². The molecule has 96 valence electrons. The maximum absolute atomic E-state index is 11.5. The van der Waals surface area contributed by atoms with Crippen molar-refractivity contribution in [3.8, 4) is 0 Å². The average Bonchev–Trinajstić information content (AvgIpc) is 2.28. The molecule has 0 atom stereocenters. The van der Waals surface area contributed by atoms with Crippen LogP contribution in [-0.2, 0) is 4.79 Å². The zero-order valence-corrected chi connectivity index (χ0v) is 10.4. The van der Waals surface area contributed by atoms with Crippen molar-refractivity contribution in [1.82, 2.24) is 0 Å². The van der Waals surface area contributed by atoms with E-state index in [0.29, 0.717) is 5.69 Å². The molecule has 1 N–H and O–H groups in total. The lowest BCUT2D eigenvalue weighted by Gasteiger charge is -2.08. The number of hydrogen-bond acceptors (Lipinski definition) is 4. The van der Waals surface area contributed by atoms with Crippen molar-refractivity contribution in [3.05, 3.63) is 33.9 Å². The average molecular weight is 250 g/mol. The number of benzene rings is 1. The molecule has 0 unspecified atom stereocenters. The van der Waals surface area contributed by atoms with Gasteiger partial charge in [-0.1, -0.05) is 13.8 Å². The highest BCUT2D eigenvalue weighted by Crippen LogP contribution is 2.23. The van der Waals surface area contributed by atoms with Crippen LogP contribution in [0.25, 0.3) is 0 Å². The molecular weight excluding hydrogens is 236 g/mol. The van der Waals surface area contributed by atoms with Gasteiger partial charge in [0.05, 0.1) is 10.5 Å². The van der Waals surface area contributed by atoms with E-state index in [-0.39, 0.29) is 23.1 Å². The Kier molecular flexibility index (Phi) is 4.14. The van der Waals surface area contributed by atoms with E-state index >= 15 is 0 Å². The quantitative estimate of drug-likeness (QED) is 0.504. The molecule has 0 saturated carbocycles. The van der Waals surface area contributed by atoms with Crippen molar-refractivity contribution in [1.29, 1.82) is 0 Å². The minimum atomic E-state index is -0.620. The van der Waals surface area contributed by atoms with Gasteiger partial charge in [0.2, 0.25) is 5.91 Å². The van der Waals surface area contributed by atoms with E-state index in [1.807, 2.05) is 0 Å². The summed E-state index contributed by atoms with van der Waals surface area (Å²) < 4.78 is 0. The summed E-state index contributed by atoms with van der Waals surface area (Å²) in [5, 5.41) is 13.3. The summed E-state index contributed by atoms with van der Waals surface area (Å²) in [7, 11) is 0. The molecule has 0 aliphatic heterocycles. The number of carbonyl (C=O) groups is 2. The van der Waals surface area contributed by atoms with E-state index in [9.17, 15) is 19.7 Å². The lowest BCUT2D eigenvalue weighted by Crippen LogP contribution is -2.18. The summed E-state index contributed by atoms with van der Waals surface area (Å²) in [4.78, 5) is 32.9. The Morgan fingerprint density at radius 3 is 2.39 bits per heavy atom. The lowest BCUT2D eigenvalue weighted by atomic mass is 10.1. The Bertz CT molecular complexity index is 509. The van der Waals surface area contributed by atoms with E-state index in [1.165, 1.54) is 25.1 Å². The molecule has 1 aromatic carbocycles. The van der Waals surface area contributed by atoms with Gasteiger partial charge in [-0.2, -0.15) is 0 Å². The molecule has 0 bridgehead atoms. The van der Waals surface area contributed by atoms with E-state index < -0.39 is 10.7 Å². The molecular formula is C12H14N2O4. The Labute approximate surface area is 104 Å². The number of nitrogens with one attached hydrogen (secondary N) is 1. The van der Waals surface area contributed by atoms with E-state index in [4.69, 9.17) is 0 Å². The molecule has 0 fully saturated rings. The smallest absolute Gasteiger partial charge is 0.280 e. The fraction of sp³-hybridized carbons (Fsp3) is 0.333. The lowest BCUT2D eigenvalue weighted by molar-refractivity contribution is -0.385. The van der Waals surface area contributed by atoms with E-state index in [2.05, 4.69) is 5.32 Å². The Morgan fingerprint density at radius 1 is 1.33 bits per heavy atom. The second-order valence-corrected chi connectivity index (χ2v) is 4.19. The first kappa shape index (κ1) is 13.8. The maximum atomic E-state index is 11.5. The summed E-state index contributed by atoms with van der Waals surface area (Å²) in [6, 6.07) is 3.94. The molecule has 0 heterocycles. The number of rotatable bonds is 4. The second kappa shape index (κ2) is 5.39. The number of anilines is 1. The zero-order valence-electron chi connectivity index (χ0n) is 10.4. The van der Waals surface area contributed by atoms with Gasteiger partial charge in [-0.3, -0.25) is 19.7 Å². The van der Waals surface area contributed by atoms with Crippen LogP contribution in [0.2, 0.25) is 0 Å². The van der Waals surface area contributed by atoms with Crippen molar-refractivity contribution >= 4 is 23.1 Å². The maximum Gasteiger partial charge on any atom is 0.280 e. The molecule has 1 rings (SSSR count). The van der Waals surface area contributed by atoms with Gasteiger partial charge in [-0.25, -0.2) is 0 Å². The van der Waals surface area contributed by atoms with Crippen LogP contribution in [0.1, 0.15) is 31.1 Å². The molecule has 1 amide bonds. The molecule has 1 aromatic rings. The first-order chi connectivity index (χ1) is 8.32. The summed E-state index contributed by atoms with van der Waals surface area (Å²) in [5.74, 6) is -0.832. The van der Waals surface area contributed by atoms with Crippen LogP contribution < -0.4 is 5.32 Å². The Morgan fingerprint density at radius 2 is 1.94 bits per heavy atom. The van der Waals surface area contributed by atoms with Crippen LogP contribution in [0.3, 0.4) is 0 Å². The molecule has 0 saturated heterocycles. The Balaban J connectivity index is 3.12. The van der Waals surface area contributed by atoms with Crippen molar-refractivity contribution in [2.75, 3.05) is 5.32 Å². The van der Waals surface area contributed by atoms with Crippen molar-refractivity contribution < 1.29 is 14.5 Å². The standard InChI is InChI=1S/C12H14N2O4/c1-7(2)12(16)13-9-4-5-11(14(17)18)10(6-9)8(3)15/h4-7H,1-3H3,(H,13,16). The van der Waals surface area contributed by atoms with Crippen LogP contribution in [0.15, 0.2) is 18.2 Å². The molecule has 6 nitrogen and oxygen atoms in total. The number of nitro groups is 1. The number of amides is 1. The fourth-order valence-corrected chi connectivity index (χ4v) is 1.34. The van der Waals surface area contributed by atoms with Gasteiger partial charge in [0.15, 0.2) is 5.78 Å². The van der Waals surface area contributed by atoms with E-state index in [0.717, 1.165) is 0 Å². The molecule has 18 heavy (non-hydrogen) atoms. The van der Waals surface area contributed by atoms with Crippen molar-refractivity contribution in [2.45, 2.75) is 20.8 Å².